The second-order valence-electron chi connectivity index (χ2n) is 4.60. The molecule has 1 aromatic heterocycles. The van der Waals surface area contributed by atoms with Gasteiger partial charge in [-0.25, -0.2) is 9.48 Å². The number of aryl methyl sites for hydroxylation is 1. The molecule has 0 atom stereocenters. The molecule has 0 radical (unpaired) electrons. The minimum Gasteiger partial charge on any atom is -0.361 e. The molecule has 1 fully saturated rings. The van der Waals surface area contributed by atoms with E-state index in [1.807, 2.05) is 0 Å². The predicted octanol–water partition coefficient (Wildman–Crippen LogP) is 0.224. The van der Waals surface area contributed by atoms with Crippen LogP contribution in [0.5, 0.6) is 0 Å². The summed E-state index contributed by atoms with van der Waals surface area (Å²) in [7, 11) is 3.02. The maximum Gasteiger partial charge on any atom is 0.346 e. The lowest BCUT2D eigenvalue weighted by Gasteiger charge is -2.23. The summed E-state index contributed by atoms with van der Waals surface area (Å²) < 4.78 is 2.27. The highest BCUT2D eigenvalue weighted by atomic mass is 16.2. The maximum absolute atomic E-state index is 11.8. The first kappa shape index (κ1) is 11.9. The number of rotatable bonds is 2. The lowest BCUT2D eigenvalue weighted by Crippen LogP contribution is -2.41. The fourth-order valence-corrected chi connectivity index (χ4v) is 2.23. The Balaban J connectivity index is 2.27. The molecule has 1 N–H and O–H groups in total. The summed E-state index contributed by atoms with van der Waals surface area (Å²) in [6, 6.07) is 0.307. The van der Waals surface area contributed by atoms with Crippen LogP contribution in [0.2, 0.25) is 0 Å². The van der Waals surface area contributed by atoms with Gasteiger partial charge in [0.15, 0.2) is 0 Å². The molecule has 0 amide bonds. The number of aromatic nitrogens is 3. The molecule has 6 heteroatoms. The third-order valence-electron chi connectivity index (χ3n) is 3.27. The van der Waals surface area contributed by atoms with Crippen LogP contribution in [0, 0.1) is 0 Å². The second-order valence-corrected chi connectivity index (χ2v) is 4.60. The SMILES string of the molecule is Cn1nc(NC2CCCCC2)c(=O)n(C)c1=O. The van der Waals surface area contributed by atoms with Crippen molar-refractivity contribution >= 4 is 5.82 Å². The van der Waals surface area contributed by atoms with Crippen molar-refractivity contribution in [3.05, 3.63) is 20.8 Å². The monoisotopic (exact) mass is 238 g/mol. The van der Waals surface area contributed by atoms with Gasteiger partial charge in [0, 0.05) is 20.1 Å². The molecule has 0 aromatic carbocycles. The van der Waals surface area contributed by atoms with Crippen LogP contribution in [-0.4, -0.2) is 20.4 Å². The van der Waals surface area contributed by atoms with Crippen LogP contribution >= 0.6 is 0 Å². The Morgan fingerprint density at radius 1 is 1.18 bits per heavy atom. The largest absolute Gasteiger partial charge is 0.361 e. The third-order valence-corrected chi connectivity index (χ3v) is 3.27. The van der Waals surface area contributed by atoms with E-state index in [4.69, 9.17) is 0 Å². The molecule has 17 heavy (non-hydrogen) atoms. The Kier molecular flexibility index (Phi) is 3.31. The van der Waals surface area contributed by atoms with E-state index in [1.54, 1.807) is 7.05 Å². The van der Waals surface area contributed by atoms with Crippen molar-refractivity contribution in [1.82, 2.24) is 14.3 Å². The fourth-order valence-electron chi connectivity index (χ4n) is 2.23. The minimum absolute atomic E-state index is 0.279. The van der Waals surface area contributed by atoms with Crippen LogP contribution in [0.3, 0.4) is 0 Å². The van der Waals surface area contributed by atoms with Crippen molar-refractivity contribution in [2.45, 2.75) is 38.1 Å². The Hall–Kier alpha value is -1.59. The first-order valence-electron chi connectivity index (χ1n) is 6.00. The summed E-state index contributed by atoms with van der Waals surface area (Å²) in [5.74, 6) is 0.279. The van der Waals surface area contributed by atoms with E-state index in [1.165, 1.54) is 31.0 Å². The highest BCUT2D eigenvalue weighted by molar-refractivity contribution is 5.31. The minimum atomic E-state index is -0.399. The van der Waals surface area contributed by atoms with Crippen LogP contribution < -0.4 is 16.6 Å². The molecular weight excluding hydrogens is 220 g/mol. The van der Waals surface area contributed by atoms with E-state index >= 15 is 0 Å². The Morgan fingerprint density at radius 3 is 2.47 bits per heavy atom. The summed E-state index contributed by atoms with van der Waals surface area (Å²) in [6.07, 6.45) is 5.76. The number of anilines is 1. The van der Waals surface area contributed by atoms with E-state index in [-0.39, 0.29) is 11.4 Å². The number of hydrogen-bond acceptors (Lipinski definition) is 4. The van der Waals surface area contributed by atoms with Crippen LogP contribution in [0.4, 0.5) is 5.82 Å². The van der Waals surface area contributed by atoms with Gasteiger partial charge >= 0.3 is 5.69 Å². The second kappa shape index (κ2) is 4.73. The number of hydrogen-bond donors (Lipinski definition) is 1. The summed E-state index contributed by atoms with van der Waals surface area (Å²) in [5, 5.41) is 7.14. The van der Waals surface area contributed by atoms with E-state index in [0.717, 1.165) is 17.4 Å². The average molecular weight is 238 g/mol. The van der Waals surface area contributed by atoms with Gasteiger partial charge in [-0.15, -0.1) is 5.10 Å². The molecule has 1 saturated carbocycles. The van der Waals surface area contributed by atoms with Gasteiger partial charge in [-0.1, -0.05) is 19.3 Å². The van der Waals surface area contributed by atoms with Crippen molar-refractivity contribution < 1.29 is 0 Å². The van der Waals surface area contributed by atoms with E-state index in [0.29, 0.717) is 6.04 Å². The van der Waals surface area contributed by atoms with E-state index in [2.05, 4.69) is 10.4 Å². The smallest absolute Gasteiger partial charge is 0.346 e. The lowest BCUT2D eigenvalue weighted by molar-refractivity contribution is 0.458. The molecule has 0 spiro atoms. The zero-order valence-corrected chi connectivity index (χ0v) is 10.3. The lowest BCUT2D eigenvalue weighted by atomic mass is 9.96. The zero-order valence-electron chi connectivity index (χ0n) is 10.3. The van der Waals surface area contributed by atoms with Crippen LogP contribution in [0.25, 0.3) is 0 Å². The Labute approximate surface area is 99.3 Å². The van der Waals surface area contributed by atoms with Gasteiger partial charge < -0.3 is 5.32 Å². The summed E-state index contributed by atoms with van der Waals surface area (Å²) >= 11 is 0. The molecule has 0 aliphatic heterocycles. The van der Waals surface area contributed by atoms with Crippen LogP contribution in [-0.2, 0) is 14.1 Å². The summed E-state index contributed by atoms with van der Waals surface area (Å²) in [4.78, 5) is 23.3. The first-order valence-corrected chi connectivity index (χ1v) is 6.00. The molecule has 6 nitrogen and oxygen atoms in total. The van der Waals surface area contributed by atoms with Crippen LogP contribution in [0.1, 0.15) is 32.1 Å². The molecule has 1 aliphatic carbocycles. The Morgan fingerprint density at radius 2 is 1.82 bits per heavy atom. The van der Waals surface area contributed by atoms with Gasteiger partial charge in [0.05, 0.1) is 0 Å². The molecule has 1 aromatic rings. The van der Waals surface area contributed by atoms with Gasteiger partial charge in [-0.05, 0) is 12.8 Å². The number of nitrogens with zero attached hydrogens (tertiary/aromatic N) is 3. The summed E-state index contributed by atoms with van der Waals surface area (Å²) in [6.45, 7) is 0. The fraction of sp³-hybridized carbons (Fsp3) is 0.727. The van der Waals surface area contributed by atoms with Gasteiger partial charge in [-0.2, -0.15) is 0 Å². The molecule has 0 bridgehead atoms. The van der Waals surface area contributed by atoms with Gasteiger partial charge in [-0.3, -0.25) is 9.36 Å². The molecule has 0 saturated heterocycles. The zero-order chi connectivity index (χ0) is 12.4. The highest BCUT2D eigenvalue weighted by Crippen LogP contribution is 2.19. The van der Waals surface area contributed by atoms with Crippen molar-refractivity contribution in [3.8, 4) is 0 Å². The first-order chi connectivity index (χ1) is 8.09. The molecule has 2 rings (SSSR count). The summed E-state index contributed by atoms with van der Waals surface area (Å²) in [5.41, 5.74) is -0.747. The van der Waals surface area contributed by atoms with Crippen molar-refractivity contribution in [2.75, 3.05) is 5.32 Å². The van der Waals surface area contributed by atoms with Gasteiger partial charge in [0.25, 0.3) is 5.56 Å². The van der Waals surface area contributed by atoms with Crippen LogP contribution in [0.15, 0.2) is 9.59 Å². The quantitative estimate of drug-likeness (QED) is 0.800. The van der Waals surface area contributed by atoms with E-state index in [9.17, 15) is 9.59 Å². The average Bonchev–Trinajstić information content (AvgIpc) is 2.35. The van der Waals surface area contributed by atoms with Gasteiger partial charge in [0.2, 0.25) is 5.82 Å². The van der Waals surface area contributed by atoms with Crippen molar-refractivity contribution in [2.24, 2.45) is 14.1 Å². The Bertz CT molecular complexity index is 511. The van der Waals surface area contributed by atoms with Gasteiger partial charge in [0.1, 0.15) is 0 Å². The van der Waals surface area contributed by atoms with Crippen molar-refractivity contribution in [1.29, 1.82) is 0 Å². The molecule has 1 heterocycles. The molecule has 0 unspecified atom stereocenters. The molecular formula is C11H18N4O2. The normalized spacial score (nSPS) is 17.1. The standard InChI is InChI=1S/C11H18N4O2/c1-14-10(16)9(13-15(2)11(14)17)12-8-6-4-3-5-7-8/h8H,3-7H2,1-2H3,(H,12,13). The molecule has 1 aliphatic rings. The van der Waals surface area contributed by atoms with Crippen molar-refractivity contribution in [3.63, 3.8) is 0 Å². The number of nitrogens with one attached hydrogen (secondary N) is 1. The highest BCUT2D eigenvalue weighted by Gasteiger charge is 2.16. The maximum atomic E-state index is 11.8. The van der Waals surface area contributed by atoms with E-state index < -0.39 is 5.69 Å². The molecule has 94 valence electrons. The third kappa shape index (κ3) is 2.40. The predicted molar refractivity (Wildman–Crippen MR) is 65.2 cm³/mol. The topological polar surface area (TPSA) is 68.9 Å².